The van der Waals surface area contributed by atoms with E-state index in [1.807, 2.05) is 0 Å². The van der Waals surface area contributed by atoms with Crippen molar-refractivity contribution < 1.29 is 41.5 Å². The monoisotopic (exact) mass is 611 g/mol. The second-order valence-electron chi connectivity index (χ2n) is 8.40. The van der Waals surface area contributed by atoms with Gasteiger partial charge in [0.25, 0.3) is 0 Å². The number of hydrogen-bond acceptors (Lipinski definition) is 6. The van der Waals surface area contributed by atoms with Gasteiger partial charge in [-0.1, -0.05) is 30.7 Å². The van der Waals surface area contributed by atoms with Crippen molar-refractivity contribution in [3.63, 3.8) is 0 Å². The molecule has 0 aliphatic heterocycles. The van der Waals surface area contributed by atoms with Crippen LogP contribution in [-0.4, -0.2) is 40.3 Å². The zero-order valence-electron chi connectivity index (χ0n) is 20.6. The third-order valence-electron chi connectivity index (χ3n) is 5.65. The number of hydrogen-bond donors (Lipinski definition) is 3. The summed E-state index contributed by atoms with van der Waals surface area (Å²) in [5, 5.41) is 1.70. The summed E-state index contributed by atoms with van der Waals surface area (Å²) in [6.07, 6.45) is 2.73. The molecule has 4 rings (SSSR count). The predicted molar refractivity (Wildman–Crippen MR) is 148 cm³/mol. The maximum atomic E-state index is 15.5. The van der Waals surface area contributed by atoms with E-state index in [2.05, 4.69) is 14.2 Å². The smallest absolute Gasteiger partial charge is 0.307 e. The molecular weight excluding hydrogens is 591 g/mol. The maximum Gasteiger partial charge on any atom is 0.471 e. The molecule has 0 aliphatic rings. The summed E-state index contributed by atoms with van der Waals surface area (Å²) in [5.41, 5.74) is -0.537. The van der Waals surface area contributed by atoms with Gasteiger partial charge in [0, 0.05) is 28.4 Å². The first kappa shape index (κ1) is 29.5. The van der Waals surface area contributed by atoms with E-state index in [1.54, 1.807) is 31.2 Å². The first-order valence-electron chi connectivity index (χ1n) is 11.4. The van der Waals surface area contributed by atoms with Crippen LogP contribution in [0.1, 0.15) is 29.3 Å². The zero-order valence-corrected chi connectivity index (χ0v) is 23.1. The van der Waals surface area contributed by atoms with E-state index in [4.69, 9.17) is 21.4 Å². The van der Waals surface area contributed by atoms with Crippen LogP contribution in [0.25, 0.3) is 22.2 Å². The lowest BCUT2D eigenvalue weighted by Crippen LogP contribution is -2.18. The minimum Gasteiger partial charge on any atom is -0.307 e. The molecule has 0 aliphatic carbocycles. The van der Waals surface area contributed by atoms with Gasteiger partial charge in [0.05, 0.1) is 16.8 Å². The van der Waals surface area contributed by atoms with E-state index in [0.29, 0.717) is 16.1 Å². The predicted octanol–water partition coefficient (Wildman–Crippen LogP) is 4.95. The lowest BCUT2D eigenvalue weighted by atomic mass is 10.00. The molecule has 0 fully saturated rings. The normalized spacial score (nSPS) is 13.2. The van der Waals surface area contributed by atoms with Crippen LogP contribution < -0.4 is 4.72 Å². The standard InChI is InChI=1S/C25H21ClF2N3O7PS/c1-2-9-40(37,14-32)30-21-8-7-20(27)22(23(21)28)24(33)19-12-31(13-38-39(34,35)36)25-18(19)10-16(11-29-25)15-3-5-17(26)6-4-15/h3-12,14H,2,13H2,1H3,(H,30,37)(H2,34,35,36). The van der Waals surface area contributed by atoms with Crippen LogP contribution in [0.3, 0.4) is 0 Å². The van der Waals surface area contributed by atoms with Gasteiger partial charge in [0.15, 0.2) is 5.82 Å². The van der Waals surface area contributed by atoms with Crippen LogP contribution in [-0.2, 0) is 30.3 Å². The van der Waals surface area contributed by atoms with Crippen LogP contribution in [0.15, 0.2) is 54.9 Å². The molecule has 0 amide bonds. The Morgan fingerprint density at radius 1 is 1.20 bits per heavy atom. The van der Waals surface area contributed by atoms with Crippen molar-refractivity contribution in [1.82, 2.24) is 9.55 Å². The minimum absolute atomic E-state index is 0.0335. The van der Waals surface area contributed by atoms with Crippen molar-refractivity contribution in [3.8, 4) is 11.1 Å². The van der Waals surface area contributed by atoms with Crippen molar-refractivity contribution in [1.29, 1.82) is 0 Å². The van der Waals surface area contributed by atoms with Gasteiger partial charge < -0.3 is 19.1 Å². The molecule has 210 valence electrons. The number of nitrogens with zero attached hydrogens (tertiary/aromatic N) is 2. The highest BCUT2D eigenvalue weighted by atomic mass is 35.5. The fourth-order valence-electron chi connectivity index (χ4n) is 3.89. The number of benzene rings is 2. The van der Waals surface area contributed by atoms with Crippen molar-refractivity contribution in [2.75, 3.05) is 4.72 Å². The number of anilines is 1. The number of rotatable bonds is 10. The Labute approximate surface area is 231 Å². The topological polar surface area (TPSA) is 148 Å². The maximum absolute atomic E-state index is 15.5. The molecule has 40 heavy (non-hydrogen) atoms. The van der Waals surface area contributed by atoms with E-state index in [9.17, 15) is 22.8 Å². The van der Waals surface area contributed by atoms with E-state index in [1.165, 1.54) is 12.3 Å². The van der Waals surface area contributed by atoms with Crippen molar-refractivity contribution in [2.45, 2.75) is 20.1 Å². The highest BCUT2D eigenvalue weighted by molar-refractivity contribution is 8.14. The summed E-state index contributed by atoms with van der Waals surface area (Å²) >= 11 is 5.96. The molecule has 0 saturated carbocycles. The van der Waals surface area contributed by atoms with Gasteiger partial charge in [-0.15, -0.1) is 0 Å². The molecule has 3 N–H and O–H groups in total. The van der Waals surface area contributed by atoms with Crippen LogP contribution in [0, 0.1) is 11.6 Å². The Bertz CT molecular complexity index is 1800. The SMILES string of the molecule is CCC=S(=O)(C=O)Nc1ccc(F)c(C(=O)c2cn(COP(=O)(O)O)c3ncc(-c4ccc(Cl)cc4)cc23)c1F. The van der Waals surface area contributed by atoms with E-state index >= 15 is 4.39 Å². The molecule has 2 aromatic carbocycles. The molecule has 15 heteroatoms. The Kier molecular flexibility index (Phi) is 8.55. The summed E-state index contributed by atoms with van der Waals surface area (Å²) in [4.78, 5) is 47.5. The number of phosphoric acid groups is 1. The highest BCUT2D eigenvalue weighted by Gasteiger charge is 2.27. The average molecular weight is 612 g/mol. The van der Waals surface area contributed by atoms with Gasteiger partial charge in [-0.05, 0) is 47.7 Å². The quantitative estimate of drug-likeness (QED) is 0.0988. The van der Waals surface area contributed by atoms with Gasteiger partial charge in [0.1, 0.15) is 27.9 Å². The largest absolute Gasteiger partial charge is 0.471 e. The molecular formula is C25H21ClF2N3O7PS. The summed E-state index contributed by atoms with van der Waals surface area (Å²) < 4.78 is 62.3. The van der Waals surface area contributed by atoms with Crippen LogP contribution in [0.4, 0.5) is 14.5 Å². The third kappa shape index (κ3) is 6.30. The average Bonchev–Trinajstić information content (AvgIpc) is 3.27. The van der Waals surface area contributed by atoms with Crippen molar-refractivity contribution in [3.05, 3.63) is 82.6 Å². The third-order valence-corrected chi connectivity index (χ3v) is 8.00. The Balaban J connectivity index is 1.88. The number of fused-ring (bicyclic) bond motifs is 1. The molecule has 10 nitrogen and oxygen atoms in total. The number of ketones is 1. The number of phosphoric ester groups is 1. The molecule has 0 saturated heterocycles. The first-order valence-corrected chi connectivity index (χ1v) is 15.0. The number of carbonyl (C=O) groups excluding carboxylic acids is 2. The summed E-state index contributed by atoms with van der Waals surface area (Å²) in [5.74, 6) is -3.77. The molecule has 4 aromatic rings. The van der Waals surface area contributed by atoms with Gasteiger partial charge in [-0.3, -0.25) is 14.1 Å². The van der Waals surface area contributed by atoms with E-state index in [-0.39, 0.29) is 28.6 Å². The first-order chi connectivity index (χ1) is 18.9. The van der Waals surface area contributed by atoms with Gasteiger partial charge >= 0.3 is 7.82 Å². The van der Waals surface area contributed by atoms with Gasteiger partial charge in [-0.25, -0.2) is 22.5 Å². The summed E-state index contributed by atoms with van der Waals surface area (Å²) in [7, 11) is -8.44. The molecule has 0 spiro atoms. The number of carbonyl (C=O) groups is 2. The number of pyridine rings is 1. The second kappa shape index (κ2) is 11.6. The van der Waals surface area contributed by atoms with Crippen molar-refractivity contribution >= 4 is 62.6 Å². The van der Waals surface area contributed by atoms with Crippen molar-refractivity contribution in [2.24, 2.45) is 0 Å². The molecule has 1 unspecified atom stereocenters. The highest BCUT2D eigenvalue weighted by Crippen LogP contribution is 2.37. The Hall–Kier alpha value is -3.45. The Morgan fingerprint density at radius 2 is 1.90 bits per heavy atom. The fourth-order valence-corrected chi connectivity index (χ4v) is 5.49. The van der Waals surface area contributed by atoms with Crippen LogP contribution in [0.5, 0.6) is 0 Å². The van der Waals surface area contributed by atoms with Gasteiger partial charge in [-0.2, -0.15) is 0 Å². The molecule has 2 aromatic heterocycles. The van der Waals surface area contributed by atoms with E-state index in [0.717, 1.165) is 28.3 Å². The molecule has 0 radical (unpaired) electrons. The van der Waals surface area contributed by atoms with Crippen LogP contribution >= 0.6 is 19.4 Å². The fraction of sp³-hybridized carbons (Fsp3) is 0.120. The number of halogens is 3. The molecule has 2 heterocycles. The lowest BCUT2D eigenvalue weighted by molar-refractivity contribution is 0.103. The Morgan fingerprint density at radius 3 is 2.52 bits per heavy atom. The summed E-state index contributed by atoms with van der Waals surface area (Å²) in [6.45, 7) is 0.876. The second-order valence-corrected chi connectivity index (χ2v) is 12.1. The van der Waals surface area contributed by atoms with E-state index < -0.39 is 52.9 Å². The zero-order chi connectivity index (χ0) is 29.2. The minimum atomic E-state index is -4.93. The molecule has 1 atom stereocenters. The lowest BCUT2D eigenvalue weighted by Gasteiger charge is -2.12. The number of nitrogens with one attached hydrogen (secondary N) is 1. The summed E-state index contributed by atoms with van der Waals surface area (Å²) in [6, 6.07) is 9.83. The molecule has 0 bridgehead atoms. The van der Waals surface area contributed by atoms with Crippen LogP contribution in [0.2, 0.25) is 5.02 Å². The van der Waals surface area contributed by atoms with Gasteiger partial charge in [0.2, 0.25) is 11.4 Å². The number of aromatic nitrogens is 2.